The molecule has 2 aromatic heterocycles. The molecule has 35 heavy (non-hydrogen) atoms. The fourth-order valence-corrected chi connectivity index (χ4v) is 5.91. The molecule has 0 atom stereocenters. The van der Waals surface area contributed by atoms with Crippen molar-refractivity contribution in [2.75, 3.05) is 18.9 Å². The third-order valence-corrected chi connectivity index (χ3v) is 7.85. The maximum absolute atomic E-state index is 12.9. The van der Waals surface area contributed by atoms with Crippen molar-refractivity contribution in [1.82, 2.24) is 10.3 Å². The third-order valence-electron chi connectivity index (χ3n) is 5.10. The Kier molecular flexibility index (Phi) is 8.44. The van der Waals surface area contributed by atoms with E-state index in [1.165, 1.54) is 23.6 Å². The molecule has 10 heteroatoms. The minimum absolute atomic E-state index is 0. The second-order valence-electron chi connectivity index (χ2n) is 7.51. The minimum Gasteiger partial charge on any atom is -0.489 e. The largest absolute Gasteiger partial charge is 0.489 e. The Morgan fingerprint density at radius 3 is 2.66 bits per heavy atom. The van der Waals surface area contributed by atoms with E-state index in [-0.39, 0.29) is 49.6 Å². The van der Waals surface area contributed by atoms with Crippen LogP contribution in [0.25, 0.3) is 10.1 Å². The van der Waals surface area contributed by atoms with Crippen LogP contribution < -0.4 is 15.8 Å². The SMILES string of the molecule is C.Nc1ncc(C(=O)NCCO)c2scc(COc3cccc(S(=O)(=O)Cc4ccccc4)c3)c12. The summed E-state index contributed by atoms with van der Waals surface area (Å²) in [6.45, 7) is 0.0896. The summed E-state index contributed by atoms with van der Waals surface area (Å²) < 4.78 is 32.3. The first-order chi connectivity index (χ1) is 16.4. The number of hydrogen-bond acceptors (Lipinski definition) is 8. The number of nitrogens with zero attached hydrogens (tertiary/aromatic N) is 1. The molecule has 0 aliphatic carbocycles. The van der Waals surface area contributed by atoms with Gasteiger partial charge in [-0.25, -0.2) is 13.4 Å². The van der Waals surface area contributed by atoms with Gasteiger partial charge in [0.2, 0.25) is 0 Å². The van der Waals surface area contributed by atoms with Gasteiger partial charge in [0.05, 0.1) is 27.5 Å². The van der Waals surface area contributed by atoms with Crippen LogP contribution in [0.5, 0.6) is 5.75 Å². The monoisotopic (exact) mass is 513 g/mol. The summed E-state index contributed by atoms with van der Waals surface area (Å²) in [6, 6.07) is 15.4. The number of aromatic nitrogens is 1. The Bertz CT molecular complexity index is 1420. The molecule has 2 aromatic carbocycles. The molecule has 0 aliphatic heterocycles. The van der Waals surface area contributed by atoms with Crippen molar-refractivity contribution < 1.29 is 23.1 Å². The Balaban J connectivity index is 0.00000342. The number of rotatable bonds is 9. The van der Waals surface area contributed by atoms with Crippen LogP contribution >= 0.6 is 11.3 Å². The number of fused-ring (bicyclic) bond motifs is 1. The molecule has 4 rings (SSSR count). The van der Waals surface area contributed by atoms with Gasteiger partial charge in [-0.15, -0.1) is 11.3 Å². The number of nitrogens with one attached hydrogen (secondary N) is 1. The number of aliphatic hydroxyl groups excluding tert-OH is 1. The van der Waals surface area contributed by atoms with Crippen LogP contribution in [0.15, 0.2) is 71.1 Å². The van der Waals surface area contributed by atoms with Gasteiger partial charge in [-0.05, 0) is 29.1 Å². The first-order valence-corrected chi connectivity index (χ1v) is 13.0. The second-order valence-corrected chi connectivity index (χ2v) is 10.4. The van der Waals surface area contributed by atoms with E-state index in [4.69, 9.17) is 15.6 Å². The first kappa shape index (κ1) is 26.1. The molecule has 0 fully saturated rings. The van der Waals surface area contributed by atoms with Gasteiger partial charge in [-0.3, -0.25) is 4.79 Å². The van der Waals surface area contributed by atoms with E-state index in [1.54, 1.807) is 42.5 Å². The average molecular weight is 514 g/mol. The molecule has 0 spiro atoms. The van der Waals surface area contributed by atoms with Crippen molar-refractivity contribution in [3.63, 3.8) is 0 Å². The van der Waals surface area contributed by atoms with E-state index < -0.39 is 9.84 Å². The molecule has 0 unspecified atom stereocenters. The number of carbonyl (C=O) groups excluding carboxylic acids is 1. The highest BCUT2D eigenvalue weighted by atomic mass is 32.2. The van der Waals surface area contributed by atoms with Crippen LogP contribution in [-0.4, -0.2) is 37.6 Å². The summed E-state index contributed by atoms with van der Waals surface area (Å²) >= 11 is 1.34. The molecule has 8 nitrogen and oxygen atoms in total. The predicted octanol–water partition coefficient (Wildman–Crippen LogP) is 3.79. The van der Waals surface area contributed by atoms with Crippen LogP contribution in [0.2, 0.25) is 0 Å². The summed E-state index contributed by atoms with van der Waals surface area (Å²) in [5.74, 6) is 0.220. The molecule has 2 heterocycles. The summed E-state index contributed by atoms with van der Waals surface area (Å²) in [5.41, 5.74) is 7.89. The van der Waals surface area contributed by atoms with E-state index in [0.29, 0.717) is 27.0 Å². The molecule has 4 aromatic rings. The molecule has 1 amide bonds. The van der Waals surface area contributed by atoms with Gasteiger partial charge in [-0.1, -0.05) is 43.8 Å². The normalized spacial score (nSPS) is 11.1. The fourth-order valence-electron chi connectivity index (χ4n) is 3.46. The maximum atomic E-state index is 12.9. The van der Waals surface area contributed by atoms with Crippen LogP contribution in [-0.2, 0) is 22.2 Å². The molecule has 184 valence electrons. The average Bonchev–Trinajstić information content (AvgIpc) is 3.27. The highest BCUT2D eigenvalue weighted by Gasteiger charge is 2.19. The van der Waals surface area contributed by atoms with Crippen molar-refractivity contribution in [1.29, 1.82) is 0 Å². The molecule has 4 N–H and O–H groups in total. The Labute approximate surface area is 208 Å². The van der Waals surface area contributed by atoms with Crippen LogP contribution in [0, 0.1) is 0 Å². The number of anilines is 1. The highest BCUT2D eigenvalue weighted by molar-refractivity contribution is 7.90. The molecule has 0 aliphatic rings. The van der Waals surface area contributed by atoms with Crippen LogP contribution in [0.1, 0.15) is 28.9 Å². The van der Waals surface area contributed by atoms with Crippen molar-refractivity contribution in [2.24, 2.45) is 0 Å². The zero-order valence-corrected chi connectivity index (χ0v) is 19.7. The molecule has 0 radical (unpaired) electrons. The number of ether oxygens (including phenoxy) is 1. The molecule has 0 saturated heterocycles. The lowest BCUT2D eigenvalue weighted by Crippen LogP contribution is -2.26. The van der Waals surface area contributed by atoms with Gasteiger partial charge in [0, 0.05) is 23.7 Å². The van der Waals surface area contributed by atoms with Crippen LogP contribution in [0.4, 0.5) is 5.82 Å². The number of carbonyl (C=O) groups is 1. The number of hydrogen-bond donors (Lipinski definition) is 3. The van der Waals surface area contributed by atoms with Gasteiger partial charge in [0.15, 0.2) is 9.84 Å². The van der Waals surface area contributed by atoms with Crippen molar-refractivity contribution >= 4 is 43.0 Å². The van der Waals surface area contributed by atoms with E-state index in [2.05, 4.69) is 10.3 Å². The van der Waals surface area contributed by atoms with Gasteiger partial charge >= 0.3 is 0 Å². The highest BCUT2D eigenvalue weighted by Crippen LogP contribution is 2.33. The Morgan fingerprint density at radius 1 is 1.14 bits per heavy atom. The number of aliphatic hydroxyl groups is 1. The third kappa shape index (κ3) is 5.97. The summed E-state index contributed by atoms with van der Waals surface area (Å²) in [7, 11) is -3.54. The molecular weight excluding hydrogens is 486 g/mol. The van der Waals surface area contributed by atoms with Crippen LogP contribution in [0.3, 0.4) is 0 Å². The standard InChI is InChI=1S/C24H23N3O5S2.CH4/c25-23-21-17(14-33-22(21)20(12-27-23)24(29)26-9-10-28)13-32-18-7-4-8-19(11-18)34(30,31)15-16-5-2-1-3-6-16;/h1-8,11-12,14,28H,9-10,13,15H2,(H2,25,27)(H,26,29);1H4. The topological polar surface area (TPSA) is 132 Å². The van der Waals surface area contributed by atoms with Gasteiger partial charge < -0.3 is 20.9 Å². The number of sulfone groups is 1. The predicted molar refractivity (Wildman–Crippen MR) is 138 cm³/mol. The van der Waals surface area contributed by atoms with E-state index in [1.807, 2.05) is 11.4 Å². The summed E-state index contributed by atoms with van der Waals surface area (Å²) in [5, 5.41) is 14.0. The smallest absolute Gasteiger partial charge is 0.254 e. The number of nitrogen functional groups attached to an aromatic ring is 1. The first-order valence-electron chi connectivity index (χ1n) is 10.4. The Morgan fingerprint density at radius 2 is 1.91 bits per heavy atom. The zero-order chi connectivity index (χ0) is 24.1. The molecule has 0 bridgehead atoms. The lowest BCUT2D eigenvalue weighted by Gasteiger charge is -2.10. The summed E-state index contributed by atoms with van der Waals surface area (Å²) in [6.07, 6.45) is 1.41. The second kappa shape index (κ2) is 11.3. The quantitative estimate of drug-likeness (QED) is 0.310. The maximum Gasteiger partial charge on any atom is 0.254 e. The lowest BCUT2D eigenvalue weighted by molar-refractivity contribution is 0.0946. The number of nitrogens with two attached hydrogens (primary N) is 1. The van der Waals surface area contributed by atoms with Crippen molar-refractivity contribution in [3.8, 4) is 5.75 Å². The van der Waals surface area contributed by atoms with Gasteiger partial charge in [0.1, 0.15) is 18.2 Å². The lowest BCUT2D eigenvalue weighted by atomic mass is 10.1. The van der Waals surface area contributed by atoms with Crippen molar-refractivity contribution in [2.45, 2.75) is 24.7 Å². The van der Waals surface area contributed by atoms with Gasteiger partial charge in [0.25, 0.3) is 5.91 Å². The van der Waals surface area contributed by atoms with E-state index in [0.717, 1.165) is 5.56 Å². The number of thiophene rings is 1. The zero-order valence-electron chi connectivity index (χ0n) is 18.1. The van der Waals surface area contributed by atoms with Gasteiger partial charge in [-0.2, -0.15) is 0 Å². The minimum atomic E-state index is -3.54. The summed E-state index contributed by atoms with van der Waals surface area (Å²) in [4.78, 5) is 16.7. The number of amides is 1. The van der Waals surface area contributed by atoms with E-state index >= 15 is 0 Å². The van der Waals surface area contributed by atoms with E-state index in [9.17, 15) is 13.2 Å². The molecular formula is C25H27N3O5S2. The Hall–Kier alpha value is -3.47. The fraction of sp³-hybridized carbons (Fsp3) is 0.200. The molecule has 0 saturated carbocycles. The van der Waals surface area contributed by atoms with Crippen molar-refractivity contribution in [3.05, 3.63) is 82.9 Å². The number of pyridine rings is 1. The number of benzene rings is 2.